The molecule has 0 amide bonds. The standard InChI is InChI=1S/C12H11F13O2/c13-7(14,1-2-26-3-6-4-27-5-6)8(15,16)9(17,18)10(19,20)11(21,22)12(23,24)25/h6H,1-5H2. The molecule has 15 heteroatoms. The van der Waals surface area contributed by atoms with Gasteiger partial charge in [-0.25, -0.2) is 0 Å². The molecule has 1 heterocycles. The Morgan fingerprint density at radius 2 is 1.11 bits per heavy atom. The van der Waals surface area contributed by atoms with E-state index in [1.54, 1.807) is 0 Å². The summed E-state index contributed by atoms with van der Waals surface area (Å²) in [7, 11) is 0. The first-order chi connectivity index (χ1) is 11.8. The van der Waals surface area contributed by atoms with E-state index < -0.39 is 48.8 Å². The number of hydrogen-bond donors (Lipinski definition) is 0. The summed E-state index contributed by atoms with van der Waals surface area (Å²) >= 11 is 0. The molecular weight excluding hydrogens is 423 g/mol. The van der Waals surface area contributed by atoms with Crippen molar-refractivity contribution in [3.63, 3.8) is 0 Å². The Hall–Kier alpha value is -0.990. The predicted octanol–water partition coefficient (Wildman–Crippen LogP) is 4.78. The van der Waals surface area contributed by atoms with Gasteiger partial charge < -0.3 is 9.47 Å². The molecule has 0 aromatic carbocycles. The van der Waals surface area contributed by atoms with E-state index in [-0.39, 0.29) is 25.7 Å². The Morgan fingerprint density at radius 3 is 1.48 bits per heavy atom. The Balaban J connectivity index is 2.98. The van der Waals surface area contributed by atoms with E-state index in [9.17, 15) is 57.1 Å². The van der Waals surface area contributed by atoms with Crippen LogP contribution in [-0.2, 0) is 9.47 Å². The zero-order valence-corrected chi connectivity index (χ0v) is 12.8. The zero-order chi connectivity index (χ0) is 21.5. The van der Waals surface area contributed by atoms with Crippen molar-refractivity contribution < 1.29 is 66.5 Å². The van der Waals surface area contributed by atoms with Gasteiger partial charge in [-0.15, -0.1) is 0 Å². The van der Waals surface area contributed by atoms with Crippen LogP contribution < -0.4 is 0 Å². The fourth-order valence-electron chi connectivity index (χ4n) is 1.79. The van der Waals surface area contributed by atoms with Crippen LogP contribution in [0.1, 0.15) is 6.42 Å². The summed E-state index contributed by atoms with van der Waals surface area (Å²) in [4.78, 5) is 0. The first-order valence-electron chi connectivity index (χ1n) is 6.94. The van der Waals surface area contributed by atoms with E-state index in [2.05, 4.69) is 9.47 Å². The molecule has 162 valence electrons. The molecule has 1 saturated heterocycles. The van der Waals surface area contributed by atoms with Crippen molar-refractivity contribution in [3.05, 3.63) is 0 Å². The van der Waals surface area contributed by atoms with Crippen LogP contribution in [0, 0.1) is 5.92 Å². The van der Waals surface area contributed by atoms with E-state index >= 15 is 0 Å². The number of rotatable bonds is 9. The van der Waals surface area contributed by atoms with Gasteiger partial charge in [0.1, 0.15) is 0 Å². The third-order valence-electron chi connectivity index (χ3n) is 3.62. The first kappa shape index (κ1) is 24.0. The molecule has 0 bridgehead atoms. The summed E-state index contributed by atoms with van der Waals surface area (Å²) in [6, 6.07) is 0. The minimum Gasteiger partial charge on any atom is -0.381 e. The molecule has 0 aliphatic carbocycles. The van der Waals surface area contributed by atoms with E-state index in [4.69, 9.17) is 0 Å². The normalized spacial score (nSPS) is 18.6. The maximum atomic E-state index is 13.3. The van der Waals surface area contributed by atoms with Crippen LogP contribution in [0.25, 0.3) is 0 Å². The van der Waals surface area contributed by atoms with Crippen LogP contribution in [0.15, 0.2) is 0 Å². The van der Waals surface area contributed by atoms with Gasteiger partial charge in [0, 0.05) is 12.3 Å². The summed E-state index contributed by atoms with van der Waals surface area (Å²) in [6.07, 6.45) is -9.74. The average molecular weight is 434 g/mol. The zero-order valence-electron chi connectivity index (χ0n) is 12.8. The summed E-state index contributed by atoms with van der Waals surface area (Å²) < 4.78 is 175. The van der Waals surface area contributed by atoms with Gasteiger partial charge in [0.05, 0.1) is 26.4 Å². The summed E-state index contributed by atoms with van der Waals surface area (Å²) in [5.74, 6) is -37.0. The number of alkyl halides is 13. The van der Waals surface area contributed by atoms with Gasteiger partial charge in [0.25, 0.3) is 0 Å². The SMILES string of the molecule is FC(F)(F)C(F)(F)C(F)(F)C(F)(F)C(F)(F)C(F)(F)CCOCC1COC1. The van der Waals surface area contributed by atoms with Crippen molar-refractivity contribution in [2.75, 3.05) is 26.4 Å². The van der Waals surface area contributed by atoms with Crippen molar-refractivity contribution in [2.45, 2.75) is 42.2 Å². The molecule has 0 unspecified atom stereocenters. The Bertz CT molecular complexity index is 510. The molecular formula is C12H11F13O2. The molecule has 1 aliphatic heterocycles. The van der Waals surface area contributed by atoms with Crippen molar-refractivity contribution in [2.24, 2.45) is 5.92 Å². The largest absolute Gasteiger partial charge is 0.460 e. The molecule has 0 N–H and O–H groups in total. The number of ether oxygens (including phenoxy) is 2. The second-order valence-electron chi connectivity index (χ2n) is 5.73. The number of hydrogen-bond acceptors (Lipinski definition) is 2. The minimum absolute atomic E-state index is 0.128. The summed E-state index contributed by atoms with van der Waals surface area (Å²) in [5.41, 5.74) is 0. The highest BCUT2D eigenvalue weighted by molar-refractivity contribution is 5.10. The monoisotopic (exact) mass is 434 g/mol. The molecule has 0 spiro atoms. The van der Waals surface area contributed by atoms with Gasteiger partial charge in [-0.1, -0.05) is 0 Å². The molecule has 0 saturated carbocycles. The van der Waals surface area contributed by atoms with Crippen molar-refractivity contribution in [1.82, 2.24) is 0 Å². The lowest BCUT2D eigenvalue weighted by molar-refractivity contribution is -0.440. The van der Waals surface area contributed by atoms with Gasteiger partial charge >= 0.3 is 35.8 Å². The molecule has 1 fully saturated rings. The van der Waals surface area contributed by atoms with E-state index in [0.29, 0.717) is 0 Å². The minimum atomic E-state index is -7.87. The fraction of sp³-hybridized carbons (Fsp3) is 1.00. The smallest absolute Gasteiger partial charge is 0.381 e. The van der Waals surface area contributed by atoms with E-state index in [0.717, 1.165) is 0 Å². The van der Waals surface area contributed by atoms with Crippen LogP contribution in [-0.4, -0.2) is 62.2 Å². The van der Waals surface area contributed by atoms with E-state index in [1.807, 2.05) is 0 Å². The van der Waals surface area contributed by atoms with Gasteiger partial charge in [-0.3, -0.25) is 0 Å². The van der Waals surface area contributed by atoms with Crippen LogP contribution in [0.5, 0.6) is 0 Å². The van der Waals surface area contributed by atoms with Crippen molar-refractivity contribution in [3.8, 4) is 0 Å². The average Bonchev–Trinajstić information content (AvgIpc) is 2.42. The second kappa shape index (κ2) is 7.12. The summed E-state index contributed by atoms with van der Waals surface area (Å²) in [6.45, 7) is -1.45. The van der Waals surface area contributed by atoms with Gasteiger partial charge in [0.2, 0.25) is 0 Å². The first-order valence-corrected chi connectivity index (χ1v) is 6.94. The molecule has 1 rings (SSSR count). The van der Waals surface area contributed by atoms with Crippen molar-refractivity contribution >= 4 is 0 Å². The van der Waals surface area contributed by atoms with Crippen LogP contribution >= 0.6 is 0 Å². The third kappa shape index (κ3) is 3.93. The summed E-state index contributed by atoms with van der Waals surface area (Å²) in [5, 5.41) is 0. The molecule has 2 nitrogen and oxygen atoms in total. The molecule has 1 aliphatic rings. The molecule has 27 heavy (non-hydrogen) atoms. The Kier molecular flexibility index (Phi) is 6.34. The molecule has 0 atom stereocenters. The topological polar surface area (TPSA) is 18.5 Å². The van der Waals surface area contributed by atoms with Crippen LogP contribution in [0.4, 0.5) is 57.1 Å². The highest BCUT2D eigenvalue weighted by Crippen LogP contribution is 2.60. The number of halogens is 13. The lowest BCUT2D eigenvalue weighted by atomic mass is 9.93. The molecule has 0 aromatic rings. The van der Waals surface area contributed by atoms with Crippen molar-refractivity contribution in [1.29, 1.82) is 0 Å². The Labute approximate surface area is 142 Å². The van der Waals surface area contributed by atoms with Gasteiger partial charge in [-0.2, -0.15) is 57.1 Å². The second-order valence-corrected chi connectivity index (χ2v) is 5.73. The van der Waals surface area contributed by atoms with E-state index in [1.165, 1.54) is 0 Å². The lowest BCUT2D eigenvalue weighted by Crippen LogP contribution is -2.70. The van der Waals surface area contributed by atoms with Crippen LogP contribution in [0.3, 0.4) is 0 Å². The maximum Gasteiger partial charge on any atom is 0.460 e. The van der Waals surface area contributed by atoms with Gasteiger partial charge in [0.15, 0.2) is 0 Å². The maximum absolute atomic E-state index is 13.3. The molecule has 0 aromatic heterocycles. The quantitative estimate of drug-likeness (QED) is 0.384. The fourth-order valence-corrected chi connectivity index (χ4v) is 1.79. The third-order valence-corrected chi connectivity index (χ3v) is 3.62. The predicted molar refractivity (Wildman–Crippen MR) is 60.5 cm³/mol. The van der Waals surface area contributed by atoms with Crippen LogP contribution in [0.2, 0.25) is 0 Å². The highest BCUT2D eigenvalue weighted by atomic mass is 19.4. The van der Waals surface area contributed by atoms with Gasteiger partial charge in [-0.05, 0) is 0 Å². The Morgan fingerprint density at radius 1 is 0.667 bits per heavy atom. The lowest BCUT2D eigenvalue weighted by Gasteiger charge is -2.39. The highest BCUT2D eigenvalue weighted by Gasteiger charge is 2.90. The molecule has 0 radical (unpaired) electrons.